The van der Waals surface area contributed by atoms with Gasteiger partial charge in [-0.25, -0.2) is 4.98 Å². The summed E-state index contributed by atoms with van der Waals surface area (Å²) in [5.74, 6) is 0.561. The number of carbonyl (C=O) groups is 1. The Labute approximate surface area is 124 Å². The van der Waals surface area contributed by atoms with Crippen LogP contribution < -0.4 is 5.32 Å². The van der Waals surface area contributed by atoms with E-state index in [4.69, 9.17) is 9.15 Å². The molecular weight excluding hydrogens is 268 g/mol. The second kappa shape index (κ2) is 7.04. The van der Waals surface area contributed by atoms with E-state index >= 15 is 0 Å². The van der Waals surface area contributed by atoms with Gasteiger partial charge in [0.15, 0.2) is 5.76 Å². The van der Waals surface area contributed by atoms with E-state index in [1.807, 2.05) is 26.0 Å². The third kappa shape index (κ3) is 3.70. The molecule has 21 heavy (non-hydrogen) atoms. The average molecular weight is 288 g/mol. The maximum atomic E-state index is 12.3. The van der Waals surface area contributed by atoms with Gasteiger partial charge in [-0.3, -0.25) is 4.79 Å². The van der Waals surface area contributed by atoms with Crippen LogP contribution in [0.25, 0.3) is 11.5 Å². The average Bonchev–Trinajstić information content (AvgIpc) is 3.00. The molecule has 0 aliphatic heterocycles. The lowest BCUT2D eigenvalue weighted by Crippen LogP contribution is -2.37. The van der Waals surface area contributed by atoms with Crippen LogP contribution in [0.4, 0.5) is 0 Å². The van der Waals surface area contributed by atoms with Crippen LogP contribution >= 0.6 is 0 Å². The first kappa shape index (κ1) is 15.3. The first-order valence-electron chi connectivity index (χ1n) is 6.97. The van der Waals surface area contributed by atoms with Gasteiger partial charge in [0.2, 0.25) is 0 Å². The minimum absolute atomic E-state index is 0.00616. The van der Waals surface area contributed by atoms with E-state index in [0.717, 1.165) is 12.1 Å². The third-order valence-electron chi connectivity index (χ3n) is 3.30. The van der Waals surface area contributed by atoms with Crippen molar-refractivity contribution >= 4 is 5.91 Å². The summed E-state index contributed by atoms with van der Waals surface area (Å²) in [5, 5.41) is 2.95. The first-order chi connectivity index (χ1) is 10.2. The lowest BCUT2D eigenvalue weighted by atomic mass is 10.1. The number of hydrogen-bond donors (Lipinski definition) is 1. The van der Waals surface area contributed by atoms with Gasteiger partial charge in [-0.15, -0.1) is 0 Å². The fourth-order valence-electron chi connectivity index (χ4n) is 2.09. The zero-order valence-corrected chi connectivity index (χ0v) is 12.6. The third-order valence-corrected chi connectivity index (χ3v) is 3.30. The van der Waals surface area contributed by atoms with Crippen molar-refractivity contribution in [2.75, 3.05) is 13.7 Å². The molecule has 112 valence electrons. The number of aromatic nitrogens is 1. The number of pyridine rings is 1. The molecule has 0 spiro atoms. The van der Waals surface area contributed by atoms with Crippen molar-refractivity contribution < 1.29 is 13.9 Å². The quantitative estimate of drug-likeness (QED) is 0.887. The van der Waals surface area contributed by atoms with Crippen LogP contribution in [0.1, 0.15) is 29.4 Å². The molecule has 1 amide bonds. The largest absolute Gasteiger partial charge is 0.463 e. The minimum atomic E-state index is -0.130. The van der Waals surface area contributed by atoms with Crippen molar-refractivity contribution in [2.24, 2.45) is 0 Å². The fourth-order valence-corrected chi connectivity index (χ4v) is 2.09. The second-order valence-electron chi connectivity index (χ2n) is 4.84. The lowest BCUT2D eigenvalue weighted by molar-refractivity contribution is 0.0893. The van der Waals surface area contributed by atoms with Gasteiger partial charge >= 0.3 is 0 Å². The number of aryl methyl sites for hydroxylation is 1. The maximum Gasteiger partial charge on any atom is 0.253 e. The number of methoxy groups -OCH3 is 1. The highest BCUT2D eigenvalue weighted by Gasteiger charge is 2.15. The Bertz CT molecular complexity index is 594. The van der Waals surface area contributed by atoms with Crippen molar-refractivity contribution in [3.63, 3.8) is 0 Å². The molecule has 5 heteroatoms. The van der Waals surface area contributed by atoms with Crippen molar-refractivity contribution in [1.82, 2.24) is 10.3 Å². The molecule has 0 saturated heterocycles. The predicted octanol–water partition coefficient (Wildman–Crippen LogP) is 2.80. The van der Waals surface area contributed by atoms with E-state index in [-0.39, 0.29) is 11.9 Å². The monoisotopic (exact) mass is 288 g/mol. The number of furan rings is 1. The highest BCUT2D eigenvalue weighted by atomic mass is 16.5. The molecule has 0 fully saturated rings. The fraction of sp³-hybridized carbons (Fsp3) is 0.375. The van der Waals surface area contributed by atoms with Crippen LogP contribution in [0.2, 0.25) is 0 Å². The van der Waals surface area contributed by atoms with Crippen molar-refractivity contribution in [1.29, 1.82) is 0 Å². The summed E-state index contributed by atoms with van der Waals surface area (Å²) in [4.78, 5) is 16.7. The molecule has 0 aliphatic carbocycles. The molecule has 0 saturated carbocycles. The zero-order valence-electron chi connectivity index (χ0n) is 12.6. The summed E-state index contributed by atoms with van der Waals surface area (Å²) >= 11 is 0. The normalized spacial score (nSPS) is 12.1. The van der Waals surface area contributed by atoms with Crippen LogP contribution in [0.15, 0.2) is 34.9 Å². The summed E-state index contributed by atoms with van der Waals surface area (Å²) in [6, 6.07) is 7.22. The van der Waals surface area contributed by atoms with E-state index in [1.165, 1.54) is 0 Å². The Morgan fingerprint density at radius 2 is 2.24 bits per heavy atom. The lowest BCUT2D eigenvalue weighted by Gasteiger charge is -2.16. The molecule has 2 aromatic rings. The second-order valence-corrected chi connectivity index (χ2v) is 4.84. The number of ether oxygens (including phenoxy) is 1. The molecule has 0 bridgehead atoms. The summed E-state index contributed by atoms with van der Waals surface area (Å²) in [6.07, 6.45) is 2.42. The Morgan fingerprint density at radius 1 is 1.43 bits per heavy atom. The Kier molecular flexibility index (Phi) is 5.11. The standard InChI is InChI=1S/C16H20N2O3/c1-4-12(10-20-3)18-16(19)13-7-8-14(17-11(13)2)15-6-5-9-21-15/h5-9,12H,4,10H2,1-3H3,(H,18,19)/t12-/m0/s1. The number of amides is 1. The number of nitrogens with one attached hydrogen (secondary N) is 1. The molecular formula is C16H20N2O3. The van der Waals surface area contributed by atoms with Gasteiger partial charge in [-0.1, -0.05) is 6.92 Å². The van der Waals surface area contributed by atoms with Gasteiger partial charge in [-0.05, 0) is 37.6 Å². The van der Waals surface area contributed by atoms with Crippen LogP contribution in [0.3, 0.4) is 0 Å². The van der Waals surface area contributed by atoms with Gasteiger partial charge in [0.25, 0.3) is 5.91 Å². The van der Waals surface area contributed by atoms with Crippen molar-refractivity contribution in [2.45, 2.75) is 26.3 Å². The Balaban J connectivity index is 2.15. The molecule has 0 aromatic carbocycles. The van der Waals surface area contributed by atoms with Gasteiger partial charge in [-0.2, -0.15) is 0 Å². The molecule has 2 aromatic heterocycles. The molecule has 2 heterocycles. The topological polar surface area (TPSA) is 64.4 Å². The minimum Gasteiger partial charge on any atom is -0.463 e. The van der Waals surface area contributed by atoms with E-state index < -0.39 is 0 Å². The summed E-state index contributed by atoms with van der Waals surface area (Å²) in [5.41, 5.74) is 1.96. The first-order valence-corrected chi connectivity index (χ1v) is 6.97. The molecule has 2 rings (SSSR count). The number of hydrogen-bond acceptors (Lipinski definition) is 4. The van der Waals surface area contributed by atoms with E-state index in [2.05, 4.69) is 10.3 Å². The molecule has 1 N–H and O–H groups in total. The zero-order chi connectivity index (χ0) is 15.2. The van der Waals surface area contributed by atoms with Gasteiger partial charge in [0, 0.05) is 7.11 Å². The maximum absolute atomic E-state index is 12.3. The van der Waals surface area contributed by atoms with Crippen molar-refractivity contribution in [3.8, 4) is 11.5 Å². The smallest absolute Gasteiger partial charge is 0.253 e. The molecule has 0 unspecified atom stereocenters. The van der Waals surface area contributed by atoms with Gasteiger partial charge in [0.1, 0.15) is 5.69 Å². The van der Waals surface area contributed by atoms with E-state index in [9.17, 15) is 4.79 Å². The van der Waals surface area contributed by atoms with Gasteiger partial charge < -0.3 is 14.5 Å². The molecule has 0 aliphatic rings. The van der Waals surface area contributed by atoms with Crippen LogP contribution in [0, 0.1) is 6.92 Å². The Morgan fingerprint density at radius 3 is 2.81 bits per heavy atom. The van der Waals surface area contributed by atoms with Crippen molar-refractivity contribution in [3.05, 3.63) is 41.8 Å². The molecule has 0 radical (unpaired) electrons. The van der Waals surface area contributed by atoms with Gasteiger partial charge in [0.05, 0.1) is 30.2 Å². The van der Waals surface area contributed by atoms with E-state index in [1.54, 1.807) is 25.5 Å². The highest BCUT2D eigenvalue weighted by Crippen LogP contribution is 2.19. The summed E-state index contributed by atoms with van der Waals surface area (Å²) < 4.78 is 10.4. The summed E-state index contributed by atoms with van der Waals surface area (Å²) in [7, 11) is 1.62. The highest BCUT2D eigenvalue weighted by molar-refractivity contribution is 5.95. The molecule has 1 atom stereocenters. The predicted molar refractivity (Wildman–Crippen MR) is 80.1 cm³/mol. The Hall–Kier alpha value is -2.14. The number of nitrogens with zero attached hydrogens (tertiary/aromatic N) is 1. The summed E-state index contributed by atoms with van der Waals surface area (Å²) in [6.45, 7) is 4.33. The molecule has 5 nitrogen and oxygen atoms in total. The van der Waals surface area contributed by atoms with E-state index in [0.29, 0.717) is 23.6 Å². The SMILES string of the molecule is CC[C@@H](COC)NC(=O)c1ccc(-c2ccco2)nc1C. The number of rotatable bonds is 6. The van der Waals surface area contributed by atoms with Crippen LogP contribution in [-0.4, -0.2) is 30.6 Å². The van der Waals surface area contributed by atoms with Crippen LogP contribution in [0.5, 0.6) is 0 Å². The van der Waals surface area contributed by atoms with Crippen LogP contribution in [-0.2, 0) is 4.74 Å². The number of carbonyl (C=O) groups excluding carboxylic acids is 1.